The molecule has 0 aliphatic rings. The minimum absolute atomic E-state index is 0.0109. The molecule has 0 aromatic carbocycles. The molecule has 3 unspecified atom stereocenters. The number of aliphatic hydroxyl groups is 1. The molecule has 346 valence electrons. The molecule has 1 amide bonds. The van der Waals surface area contributed by atoms with Crippen molar-refractivity contribution in [3.05, 3.63) is 85.1 Å². The highest BCUT2D eigenvalue weighted by molar-refractivity contribution is 7.45. The number of hydrogen-bond acceptors (Lipinski definition) is 6. The van der Waals surface area contributed by atoms with Crippen LogP contribution >= 0.6 is 7.82 Å². The second-order valence-corrected chi connectivity index (χ2v) is 18.5. The highest BCUT2D eigenvalue weighted by atomic mass is 31.2. The molecule has 0 aromatic heterocycles. The first-order chi connectivity index (χ1) is 29.0. The number of phosphoric acid groups is 1. The molecule has 0 saturated carbocycles. The average molecular weight is 859 g/mol. The second kappa shape index (κ2) is 42.0. The number of aliphatic hydroxyl groups excluding tert-OH is 1. The summed E-state index contributed by atoms with van der Waals surface area (Å²) in [7, 11) is 1.23. The Morgan fingerprint density at radius 3 is 1.48 bits per heavy atom. The summed E-state index contributed by atoms with van der Waals surface area (Å²) in [6, 6.07) is -0.905. The van der Waals surface area contributed by atoms with Crippen molar-refractivity contribution in [3.63, 3.8) is 0 Å². The minimum Gasteiger partial charge on any atom is -0.756 e. The van der Waals surface area contributed by atoms with Gasteiger partial charge in [-0.15, -0.1) is 0 Å². The van der Waals surface area contributed by atoms with Crippen LogP contribution in [0.2, 0.25) is 0 Å². The van der Waals surface area contributed by atoms with Gasteiger partial charge in [0.2, 0.25) is 5.91 Å². The van der Waals surface area contributed by atoms with E-state index in [4.69, 9.17) is 9.05 Å². The highest BCUT2D eigenvalue weighted by Crippen LogP contribution is 2.38. The Balaban J connectivity index is 4.44. The Morgan fingerprint density at radius 2 is 1.02 bits per heavy atom. The van der Waals surface area contributed by atoms with Gasteiger partial charge in [-0.2, -0.15) is 0 Å². The van der Waals surface area contributed by atoms with E-state index in [0.717, 1.165) is 89.9 Å². The second-order valence-electron chi connectivity index (χ2n) is 17.1. The highest BCUT2D eigenvalue weighted by Gasteiger charge is 2.23. The predicted octanol–water partition coefficient (Wildman–Crippen LogP) is 13.1. The molecule has 0 aliphatic carbocycles. The van der Waals surface area contributed by atoms with Crippen LogP contribution in [-0.2, 0) is 18.4 Å². The van der Waals surface area contributed by atoms with Gasteiger partial charge in [0.15, 0.2) is 0 Å². The number of phosphoric ester groups is 1. The molecule has 0 aromatic rings. The molecule has 0 bridgehead atoms. The lowest BCUT2D eigenvalue weighted by Crippen LogP contribution is -2.45. The third kappa shape index (κ3) is 43.8. The summed E-state index contributed by atoms with van der Waals surface area (Å²) < 4.78 is 23.2. The van der Waals surface area contributed by atoms with Crippen LogP contribution < -0.4 is 10.2 Å². The molecule has 0 spiro atoms. The number of likely N-dealkylation sites (N-methyl/N-ethyl adjacent to an activating group) is 1. The van der Waals surface area contributed by atoms with Gasteiger partial charge in [-0.3, -0.25) is 9.36 Å². The van der Waals surface area contributed by atoms with E-state index in [2.05, 4.69) is 92.1 Å². The molecule has 0 fully saturated rings. The van der Waals surface area contributed by atoms with E-state index in [1.165, 1.54) is 70.6 Å². The van der Waals surface area contributed by atoms with Gasteiger partial charge in [0.1, 0.15) is 13.2 Å². The van der Waals surface area contributed by atoms with Crippen LogP contribution in [0.4, 0.5) is 0 Å². The molecule has 0 radical (unpaired) electrons. The number of unbranched alkanes of at least 4 members (excludes halogenated alkanes) is 17. The zero-order chi connectivity index (χ0) is 44.3. The fraction of sp³-hybridized carbons (Fsp3) is 0.706. The Morgan fingerprint density at radius 1 is 0.600 bits per heavy atom. The lowest BCUT2D eigenvalue weighted by atomic mass is 10.0. The maximum atomic E-state index is 12.9. The van der Waals surface area contributed by atoms with Crippen molar-refractivity contribution in [2.24, 2.45) is 0 Å². The monoisotopic (exact) mass is 859 g/mol. The number of rotatable bonds is 42. The van der Waals surface area contributed by atoms with Crippen LogP contribution in [0.1, 0.15) is 181 Å². The van der Waals surface area contributed by atoms with Crippen molar-refractivity contribution in [2.45, 2.75) is 193 Å². The van der Waals surface area contributed by atoms with Gasteiger partial charge in [0.05, 0.1) is 39.9 Å². The SMILES string of the molecule is CC/C=C\C/C=C\C/C=C\C/C=C\C/C=C\C/C=C\CCCCCCC(=O)NC(COP(=O)([O-])OCC[N+](C)(C)C)C(O)/C=C/CCCCCCCCCCCCCCC. The lowest BCUT2D eigenvalue weighted by Gasteiger charge is -2.29. The van der Waals surface area contributed by atoms with Crippen molar-refractivity contribution < 1.29 is 32.9 Å². The van der Waals surface area contributed by atoms with Gasteiger partial charge in [0.25, 0.3) is 7.82 Å². The Hall–Kier alpha value is -2.32. The summed E-state index contributed by atoms with van der Waals surface area (Å²) in [6.45, 7) is 4.49. The van der Waals surface area contributed by atoms with Gasteiger partial charge in [-0.25, -0.2) is 0 Å². The van der Waals surface area contributed by atoms with Crippen molar-refractivity contribution >= 4 is 13.7 Å². The summed E-state index contributed by atoms with van der Waals surface area (Å²) in [5, 5.41) is 13.8. The zero-order valence-electron chi connectivity index (χ0n) is 39.1. The third-order valence-electron chi connectivity index (χ3n) is 10.1. The molecule has 8 nitrogen and oxygen atoms in total. The smallest absolute Gasteiger partial charge is 0.268 e. The van der Waals surface area contributed by atoms with E-state index in [0.29, 0.717) is 17.4 Å². The number of carbonyl (C=O) groups is 1. The van der Waals surface area contributed by atoms with E-state index in [1.54, 1.807) is 6.08 Å². The fourth-order valence-electron chi connectivity index (χ4n) is 6.33. The number of quaternary nitrogens is 1. The van der Waals surface area contributed by atoms with E-state index in [-0.39, 0.29) is 12.5 Å². The standard InChI is InChI=1S/C51H91N2O6P/c1-6-8-10-12-14-16-18-20-22-23-24-25-26-27-28-29-31-33-35-37-39-41-43-45-51(55)52-49(48-59-60(56,57)58-47-46-53(3,4)5)50(54)44-42-40-38-36-34-32-30-21-19-17-15-13-11-9-7-2/h8,10,14,16,20,22,24-25,27-28,31,33,42,44,49-50,54H,6-7,9,11-13,15,17-19,21,23,26,29-30,32,34-41,43,45-48H2,1-5H3,(H-,52,55,56,57)/b10-8-,16-14-,22-20-,25-24-,28-27-,33-31-,44-42+. The lowest BCUT2D eigenvalue weighted by molar-refractivity contribution is -0.870. The van der Waals surface area contributed by atoms with E-state index >= 15 is 0 Å². The first kappa shape index (κ1) is 57.7. The number of allylic oxidation sites excluding steroid dienone is 13. The molecule has 0 rings (SSSR count). The maximum absolute atomic E-state index is 12.9. The van der Waals surface area contributed by atoms with Crippen molar-refractivity contribution in [1.82, 2.24) is 5.32 Å². The number of nitrogens with one attached hydrogen (secondary N) is 1. The quantitative estimate of drug-likeness (QED) is 0.0274. The Kier molecular flexibility index (Phi) is 40.4. The third-order valence-corrected chi connectivity index (χ3v) is 11.1. The van der Waals surface area contributed by atoms with Crippen LogP contribution in [0.15, 0.2) is 85.1 Å². The number of hydrogen-bond donors (Lipinski definition) is 2. The van der Waals surface area contributed by atoms with Gasteiger partial charge in [-0.05, 0) is 70.6 Å². The molecule has 0 saturated heterocycles. The van der Waals surface area contributed by atoms with Gasteiger partial charge in [-0.1, -0.05) is 189 Å². The maximum Gasteiger partial charge on any atom is 0.268 e. The predicted molar refractivity (Wildman–Crippen MR) is 256 cm³/mol. The van der Waals surface area contributed by atoms with E-state index in [9.17, 15) is 19.4 Å². The summed E-state index contributed by atoms with van der Waals surface area (Å²) in [6.07, 6.45) is 57.7. The molecule has 2 N–H and O–H groups in total. The van der Waals surface area contributed by atoms with Crippen LogP contribution in [0.3, 0.4) is 0 Å². The number of amides is 1. The molecular weight excluding hydrogens is 768 g/mol. The molecule has 0 aliphatic heterocycles. The minimum atomic E-state index is -4.60. The average Bonchev–Trinajstić information content (AvgIpc) is 3.20. The molecule has 0 heterocycles. The van der Waals surface area contributed by atoms with E-state index in [1.807, 2.05) is 27.2 Å². The summed E-state index contributed by atoms with van der Waals surface area (Å²) >= 11 is 0. The normalized spacial score (nSPS) is 15.0. The first-order valence-corrected chi connectivity index (χ1v) is 25.4. The molecule has 9 heteroatoms. The Labute approximate surface area is 369 Å². The topological polar surface area (TPSA) is 108 Å². The van der Waals surface area contributed by atoms with Crippen LogP contribution in [0.5, 0.6) is 0 Å². The van der Waals surface area contributed by atoms with Crippen LogP contribution in [0, 0.1) is 0 Å². The van der Waals surface area contributed by atoms with Crippen molar-refractivity contribution in [3.8, 4) is 0 Å². The van der Waals surface area contributed by atoms with Gasteiger partial charge < -0.3 is 28.8 Å². The summed E-state index contributed by atoms with van der Waals surface area (Å²) in [4.78, 5) is 25.4. The summed E-state index contributed by atoms with van der Waals surface area (Å²) in [5.74, 6) is -0.226. The number of nitrogens with zero attached hydrogens (tertiary/aromatic N) is 1. The molecule has 60 heavy (non-hydrogen) atoms. The van der Waals surface area contributed by atoms with Gasteiger partial charge in [0, 0.05) is 6.42 Å². The van der Waals surface area contributed by atoms with E-state index < -0.39 is 26.6 Å². The van der Waals surface area contributed by atoms with Crippen LogP contribution in [-0.4, -0.2) is 68.5 Å². The van der Waals surface area contributed by atoms with Gasteiger partial charge >= 0.3 is 0 Å². The van der Waals surface area contributed by atoms with Crippen molar-refractivity contribution in [2.75, 3.05) is 40.9 Å². The molecular formula is C51H91N2O6P. The number of carbonyl (C=O) groups excluding carboxylic acids is 1. The zero-order valence-corrected chi connectivity index (χ0v) is 40.0. The Bertz CT molecular complexity index is 1250. The van der Waals surface area contributed by atoms with Crippen LogP contribution in [0.25, 0.3) is 0 Å². The molecule has 3 atom stereocenters. The largest absolute Gasteiger partial charge is 0.756 e. The first-order valence-electron chi connectivity index (χ1n) is 23.9. The fourth-order valence-corrected chi connectivity index (χ4v) is 7.05. The summed E-state index contributed by atoms with van der Waals surface area (Å²) in [5.41, 5.74) is 0. The van der Waals surface area contributed by atoms with Crippen molar-refractivity contribution in [1.29, 1.82) is 0 Å².